The number of fused-ring (bicyclic) bond motifs is 1. The molecule has 0 saturated heterocycles. The van der Waals surface area contributed by atoms with Gasteiger partial charge in [-0.15, -0.1) is 0 Å². The number of hydrogen-bond acceptors (Lipinski definition) is 4. The summed E-state index contributed by atoms with van der Waals surface area (Å²) < 4.78 is 11.2. The van der Waals surface area contributed by atoms with Gasteiger partial charge in [-0.1, -0.05) is 12.1 Å². The second-order valence-corrected chi connectivity index (χ2v) is 5.48. The Kier molecular flexibility index (Phi) is 4.57. The van der Waals surface area contributed by atoms with E-state index in [9.17, 15) is 4.79 Å². The van der Waals surface area contributed by atoms with Crippen LogP contribution in [0.3, 0.4) is 0 Å². The minimum atomic E-state index is -0.483. The lowest BCUT2D eigenvalue weighted by molar-refractivity contribution is 0.127. The largest absolute Gasteiger partial charge is 0.492 e. The fourth-order valence-corrected chi connectivity index (χ4v) is 2.79. The second kappa shape index (κ2) is 6.80. The molecule has 6 nitrogen and oxygen atoms in total. The van der Waals surface area contributed by atoms with E-state index in [2.05, 4.69) is 15.3 Å². The first-order chi connectivity index (χ1) is 11.7. The van der Waals surface area contributed by atoms with E-state index in [4.69, 9.17) is 9.47 Å². The number of H-pyrrole nitrogens is 2. The Bertz CT molecular complexity index is 898. The van der Waals surface area contributed by atoms with E-state index < -0.39 is 6.23 Å². The third kappa shape index (κ3) is 2.88. The average molecular weight is 327 g/mol. The highest BCUT2D eigenvalue weighted by molar-refractivity contribution is 5.85. The fourth-order valence-electron chi connectivity index (χ4n) is 2.79. The van der Waals surface area contributed by atoms with Crippen LogP contribution in [-0.4, -0.2) is 23.7 Å². The van der Waals surface area contributed by atoms with Crippen LogP contribution in [0.2, 0.25) is 0 Å². The van der Waals surface area contributed by atoms with Crippen molar-refractivity contribution in [1.29, 1.82) is 0 Å². The van der Waals surface area contributed by atoms with Crippen molar-refractivity contribution >= 4 is 16.6 Å². The van der Waals surface area contributed by atoms with Crippen LogP contribution >= 0.6 is 0 Å². The third-order valence-corrected chi connectivity index (χ3v) is 3.94. The van der Waals surface area contributed by atoms with E-state index in [1.54, 1.807) is 19.5 Å². The SMILES string of the molecule is CCOc1ccccc1NC(OC)c1c[nH]c2c(C)c[nH]c(=O)c12. The molecule has 0 aliphatic carbocycles. The van der Waals surface area contributed by atoms with E-state index in [1.807, 2.05) is 38.1 Å². The number of aromatic nitrogens is 2. The summed E-state index contributed by atoms with van der Waals surface area (Å²) in [5, 5.41) is 3.90. The van der Waals surface area contributed by atoms with E-state index in [0.29, 0.717) is 12.0 Å². The van der Waals surface area contributed by atoms with Gasteiger partial charge in [-0.25, -0.2) is 0 Å². The van der Waals surface area contributed by atoms with Gasteiger partial charge in [0.25, 0.3) is 5.56 Å². The minimum Gasteiger partial charge on any atom is -0.492 e. The van der Waals surface area contributed by atoms with Crippen LogP contribution in [0.1, 0.15) is 24.3 Å². The molecule has 0 spiro atoms. The van der Waals surface area contributed by atoms with E-state index >= 15 is 0 Å². The molecule has 126 valence electrons. The topological polar surface area (TPSA) is 79.1 Å². The van der Waals surface area contributed by atoms with Crippen molar-refractivity contribution in [1.82, 2.24) is 9.97 Å². The Morgan fingerprint density at radius 2 is 2.00 bits per heavy atom. The summed E-state index contributed by atoms with van der Waals surface area (Å²) in [7, 11) is 1.60. The molecular weight excluding hydrogens is 306 g/mol. The highest BCUT2D eigenvalue weighted by atomic mass is 16.5. The Morgan fingerprint density at radius 3 is 2.75 bits per heavy atom. The van der Waals surface area contributed by atoms with Gasteiger partial charge in [0.15, 0.2) is 6.23 Å². The lowest BCUT2D eigenvalue weighted by Gasteiger charge is -2.20. The van der Waals surface area contributed by atoms with Gasteiger partial charge in [-0.2, -0.15) is 0 Å². The van der Waals surface area contributed by atoms with Gasteiger partial charge in [0, 0.05) is 25.1 Å². The van der Waals surface area contributed by atoms with Gasteiger partial charge < -0.3 is 24.8 Å². The molecule has 2 heterocycles. The number of rotatable bonds is 6. The van der Waals surface area contributed by atoms with Gasteiger partial charge in [0.1, 0.15) is 5.75 Å². The number of anilines is 1. The first kappa shape index (κ1) is 16.1. The quantitative estimate of drug-likeness (QED) is 0.607. The number of methoxy groups -OCH3 is 1. The Hall–Kier alpha value is -2.73. The Labute approximate surface area is 139 Å². The fraction of sp³-hybridized carbons (Fsp3) is 0.278. The zero-order valence-corrected chi connectivity index (χ0v) is 14.0. The molecule has 0 saturated carbocycles. The van der Waals surface area contributed by atoms with Crippen LogP contribution < -0.4 is 15.6 Å². The summed E-state index contributed by atoms with van der Waals surface area (Å²) in [5.74, 6) is 0.743. The van der Waals surface area contributed by atoms with Gasteiger partial charge in [-0.3, -0.25) is 4.79 Å². The highest BCUT2D eigenvalue weighted by Gasteiger charge is 2.19. The molecule has 6 heteroatoms. The molecule has 2 aromatic heterocycles. The third-order valence-electron chi connectivity index (χ3n) is 3.94. The molecule has 1 unspecified atom stereocenters. The van der Waals surface area contributed by atoms with Crippen LogP contribution in [0.25, 0.3) is 10.9 Å². The summed E-state index contributed by atoms with van der Waals surface area (Å²) in [5.41, 5.74) is 3.21. The van der Waals surface area contributed by atoms with Crippen LogP contribution in [0.5, 0.6) is 5.75 Å². The van der Waals surface area contributed by atoms with Crippen molar-refractivity contribution in [3.8, 4) is 5.75 Å². The van der Waals surface area contributed by atoms with Crippen LogP contribution in [0.4, 0.5) is 5.69 Å². The van der Waals surface area contributed by atoms with E-state index in [1.165, 1.54) is 0 Å². The zero-order chi connectivity index (χ0) is 17.1. The molecule has 3 N–H and O–H groups in total. The minimum absolute atomic E-state index is 0.145. The number of nitrogens with one attached hydrogen (secondary N) is 3. The molecule has 0 amide bonds. The average Bonchev–Trinajstić information content (AvgIpc) is 3.04. The van der Waals surface area contributed by atoms with Crippen molar-refractivity contribution < 1.29 is 9.47 Å². The van der Waals surface area contributed by atoms with Crippen LogP contribution in [-0.2, 0) is 4.74 Å². The molecule has 3 aromatic rings. The predicted octanol–water partition coefficient (Wildman–Crippen LogP) is 3.32. The summed E-state index contributed by atoms with van der Waals surface area (Å²) in [6.07, 6.45) is 3.02. The monoisotopic (exact) mass is 327 g/mol. The number of hydrogen-bond donors (Lipinski definition) is 3. The molecule has 0 bridgehead atoms. The van der Waals surface area contributed by atoms with Crippen LogP contribution in [0.15, 0.2) is 41.5 Å². The highest BCUT2D eigenvalue weighted by Crippen LogP contribution is 2.31. The molecule has 1 atom stereocenters. The molecule has 0 fully saturated rings. The normalized spacial score (nSPS) is 12.3. The van der Waals surface area contributed by atoms with Crippen molar-refractivity contribution in [2.75, 3.05) is 19.0 Å². The Balaban J connectivity index is 2.02. The summed E-state index contributed by atoms with van der Waals surface area (Å²) in [6.45, 7) is 4.45. The first-order valence-corrected chi connectivity index (χ1v) is 7.86. The molecular formula is C18H21N3O3. The maximum absolute atomic E-state index is 12.3. The molecule has 0 radical (unpaired) electrons. The van der Waals surface area contributed by atoms with Crippen molar-refractivity contribution in [2.45, 2.75) is 20.1 Å². The van der Waals surface area contributed by atoms with E-state index in [0.717, 1.165) is 28.1 Å². The maximum Gasteiger partial charge on any atom is 0.257 e. The zero-order valence-electron chi connectivity index (χ0n) is 14.0. The Morgan fingerprint density at radius 1 is 1.21 bits per heavy atom. The molecule has 3 rings (SSSR count). The van der Waals surface area contributed by atoms with Gasteiger partial charge in [0.05, 0.1) is 23.2 Å². The van der Waals surface area contributed by atoms with Gasteiger partial charge >= 0.3 is 0 Å². The number of para-hydroxylation sites is 2. The van der Waals surface area contributed by atoms with Crippen molar-refractivity contribution in [2.24, 2.45) is 0 Å². The molecule has 0 aliphatic heterocycles. The predicted molar refractivity (Wildman–Crippen MR) is 94.6 cm³/mol. The van der Waals surface area contributed by atoms with Crippen molar-refractivity contribution in [3.63, 3.8) is 0 Å². The number of pyridine rings is 1. The smallest absolute Gasteiger partial charge is 0.257 e. The number of aromatic amines is 2. The molecule has 1 aromatic carbocycles. The lowest BCUT2D eigenvalue weighted by Crippen LogP contribution is -2.16. The molecule has 0 aliphatic rings. The van der Waals surface area contributed by atoms with Crippen LogP contribution in [0, 0.1) is 6.92 Å². The van der Waals surface area contributed by atoms with Gasteiger partial charge in [-0.05, 0) is 31.5 Å². The number of ether oxygens (including phenoxy) is 2. The summed E-state index contributed by atoms with van der Waals surface area (Å²) in [4.78, 5) is 18.2. The number of aryl methyl sites for hydroxylation is 1. The lowest BCUT2D eigenvalue weighted by atomic mass is 10.1. The first-order valence-electron chi connectivity index (χ1n) is 7.86. The molecule has 24 heavy (non-hydrogen) atoms. The maximum atomic E-state index is 12.3. The van der Waals surface area contributed by atoms with Crippen molar-refractivity contribution in [3.05, 3.63) is 58.1 Å². The second-order valence-electron chi connectivity index (χ2n) is 5.48. The standard InChI is InChI=1S/C18H21N3O3/c1-4-24-14-8-6-5-7-13(14)21-18(23-3)12-10-19-16-11(2)9-20-17(22)15(12)16/h5-10,18-19,21H,4H2,1-3H3,(H,20,22). The number of benzene rings is 1. The summed E-state index contributed by atoms with van der Waals surface area (Å²) in [6, 6.07) is 7.65. The van der Waals surface area contributed by atoms with Gasteiger partial charge in [0.2, 0.25) is 0 Å². The van der Waals surface area contributed by atoms with E-state index in [-0.39, 0.29) is 5.56 Å². The summed E-state index contributed by atoms with van der Waals surface area (Å²) >= 11 is 0.